The fourth-order valence-electron chi connectivity index (χ4n) is 1.72. The maximum Gasteiger partial charge on any atom is 0.152 e. The molecule has 1 nitrogen and oxygen atoms in total. The third-order valence-corrected chi connectivity index (χ3v) is 3.11. The minimum absolute atomic E-state index is 0.143. The Morgan fingerprint density at radius 2 is 1.68 bits per heavy atom. The highest BCUT2D eigenvalue weighted by atomic mass is 35.5. The number of rotatable bonds is 3. The van der Waals surface area contributed by atoms with E-state index in [9.17, 15) is 8.78 Å². The molecule has 19 heavy (non-hydrogen) atoms. The van der Waals surface area contributed by atoms with Crippen LogP contribution in [0.15, 0.2) is 30.3 Å². The van der Waals surface area contributed by atoms with Gasteiger partial charge in [-0.1, -0.05) is 29.3 Å². The van der Waals surface area contributed by atoms with Gasteiger partial charge in [-0.25, -0.2) is 8.78 Å². The van der Waals surface area contributed by atoms with Crippen LogP contribution in [-0.2, 0) is 6.54 Å². The van der Waals surface area contributed by atoms with E-state index in [0.717, 1.165) is 5.56 Å². The van der Waals surface area contributed by atoms with Crippen molar-refractivity contribution in [2.45, 2.75) is 13.5 Å². The Morgan fingerprint density at radius 3 is 2.32 bits per heavy atom. The molecule has 0 bridgehead atoms. The second kappa shape index (κ2) is 5.76. The van der Waals surface area contributed by atoms with E-state index < -0.39 is 11.6 Å². The molecule has 0 fully saturated rings. The van der Waals surface area contributed by atoms with Crippen molar-refractivity contribution in [3.63, 3.8) is 0 Å². The van der Waals surface area contributed by atoms with Crippen LogP contribution < -0.4 is 5.32 Å². The normalized spacial score (nSPS) is 10.6. The monoisotopic (exact) mass is 301 g/mol. The van der Waals surface area contributed by atoms with Crippen molar-refractivity contribution in [1.82, 2.24) is 0 Å². The molecule has 2 aromatic carbocycles. The first kappa shape index (κ1) is 14.1. The smallest absolute Gasteiger partial charge is 0.152 e. The fourth-order valence-corrected chi connectivity index (χ4v) is 2.29. The van der Waals surface area contributed by atoms with Crippen LogP contribution in [0.1, 0.15) is 11.1 Å². The largest absolute Gasteiger partial charge is 0.376 e. The van der Waals surface area contributed by atoms with Crippen molar-refractivity contribution < 1.29 is 8.78 Å². The number of hydrogen-bond donors (Lipinski definition) is 1. The van der Waals surface area contributed by atoms with Gasteiger partial charge in [0, 0.05) is 16.6 Å². The highest BCUT2D eigenvalue weighted by molar-refractivity contribution is 6.34. The van der Waals surface area contributed by atoms with Crippen molar-refractivity contribution >= 4 is 28.9 Å². The standard InChI is InChI=1S/C14H11Cl2F2N/c1-8-2-3-12(17)14(13(8)18)19-7-9-4-10(15)6-11(16)5-9/h2-6,19H,7H2,1H3. The third kappa shape index (κ3) is 3.37. The number of hydrogen-bond acceptors (Lipinski definition) is 1. The molecule has 0 heterocycles. The van der Waals surface area contributed by atoms with Crippen LogP contribution in [0.25, 0.3) is 0 Å². The van der Waals surface area contributed by atoms with Gasteiger partial charge in [0.05, 0.1) is 0 Å². The molecule has 0 aliphatic heterocycles. The second-order valence-electron chi connectivity index (χ2n) is 4.18. The van der Waals surface area contributed by atoms with Gasteiger partial charge in [0.2, 0.25) is 0 Å². The van der Waals surface area contributed by atoms with E-state index in [2.05, 4.69) is 5.32 Å². The maximum absolute atomic E-state index is 13.8. The van der Waals surface area contributed by atoms with Crippen LogP contribution in [0.5, 0.6) is 0 Å². The van der Waals surface area contributed by atoms with Crippen LogP contribution in [0, 0.1) is 18.6 Å². The van der Waals surface area contributed by atoms with Crippen LogP contribution in [-0.4, -0.2) is 0 Å². The van der Waals surface area contributed by atoms with Gasteiger partial charge in [-0.3, -0.25) is 0 Å². The van der Waals surface area contributed by atoms with Gasteiger partial charge < -0.3 is 5.32 Å². The molecule has 0 aliphatic carbocycles. The average molecular weight is 302 g/mol. The Hall–Kier alpha value is -1.32. The molecular weight excluding hydrogens is 291 g/mol. The van der Waals surface area contributed by atoms with Gasteiger partial charge in [0.1, 0.15) is 11.5 Å². The fraction of sp³-hybridized carbons (Fsp3) is 0.143. The number of aryl methyl sites for hydroxylation is 1. The lowest BCUT2D eigenvalue weighted by molar-refractivity contribution is 0.582. The van der Waals surface area contributed by atoms with Crippen LogP contribution >= 0.6 is 23.2 Å². The van der Waals surface area contributed by atoms with Gasteiger partial charge in [0.25, 0.3) is 0 Å². The molecule has 0 spiro atoms. The molecule has 0 radical (unpaired) electrons. The van der Waals surface area contributed by atoms with E-state index in [1.54, 1.807) is 25.1 Å². The molecule has 1 N–H and O–H groups in total. The van der Waals surface area contributed by atoms with Gasteiger partial charge in [0.15, 0.2) is 5.82 Å². The zero-order chi connectivity index (χ0) is 14.0. The Labute approximate surface area is 120 Å². The third-order valence-electron chi connectivity index (χ3n) is 2.68. The van der Waals surface area contributed by atoms with Crippen molar-refractivity contribution in [2.24, 2.45) is 0 Å². The number of nitrogens with one attached hydrogen (secondary N) is 1. The summed E-state index contributed by atoms with van der Waals surface area (Å²) in [4.78, 5) is 0. The highest BCUT2D eigenvalue weighted by Crippen LogP contribution is 2.24. The topological polar surface area (TPSA) is 12.0 Å². The van der Waals surface area contributed by atoms with Crippen molar-refractivity contribution in [1.29, 1.82) is 0 Å². The zero-order valence-corrected chi connectivity index (χ0v) is 11.6. The van der Waals surface area contributed by atoms with Gasteiger partial charge in [-0.15, -0.1) is 0 Å². The summed E-state index contributed by atoms with van der Waals surface area (Å²) in [6.45, 7) is 1.81. The predicted octanol–water partition coefficient (Wildman–Crippen LogP) is 5.19. The summed E-state index contributed by atoms with van der Waals surface area (Å²) in [6, 6.07) is 7.59. The van der Waals surface area contributed by atoms with E-state index >= 15 is 0 Å². The molecule has 0 aliphatic rings. The van der Waals surface area contributed by atoms with Crippen LogP contribution in [0.2, 0.25) is 10.0 Å². The summed E-state index contributed by atoms with van der Waals surface area (Å²) in [5.74, 6) is -1.22. The summed E-state index contributed by atoms with van der Waals surface area (Å²) in [5, 5.41) is 3.69. The second-order valence-corrected chi connectivity index (χ2v) is 5.06. The molecule has 2 aromatic rings. The van der Waals surface area contributed by atoms with Crippen LogP contribution in [0.4, 0.5) is 14.5 Å². The van der Waals surface area contributed by atoms with Crippen molar-refractivity contribution in [3.05, 3.63) is 63.1 Å². The summed E-state index contributed by atoms with van der Waals surface area (Å²) in [7, 11) is 0. The molecule has 0 saturated heterocycles. The molecule has 2 rings (SSSR count). The average Bonchev–Trinajstić information content (AvgIpc) is 2.33. The molecule has 0 unspecified atom stereocenters. The minimum atomic E-state index is -0.628. The molecular formula is C14H11Cl2F2N. The van der Waals surface area contributed by atoms with Gasteiger partial charge in [-0.2, -0.15) is 0 Å². The Bertz CT molecular complexity index is 594. The summed E-state index contributed by atoms with van der Waals surface area (Å²) < 4.78 is 27.3. The number of anilines is 1. The predicted molar refractivity (Wildman–Crippen MR) is 74.9 cm³/mol. The lowest BCUT2D eigenvalue weighted by Crippen LogP contribution is -2.05. The van der Waals surface area contributed by atoms with E-state index in [1.165, 1.54) is 12.1 Å². The van der Waals surface area contributed by atoms with Gasteiger partial charge in [-0.05, 0) is 42.3 Å². The molecule has 0 aromatic heterocycles. The lowest BCUT2D eigenvalue weighted by Gasteiger charge is -2.11. The first-order chi connectivity index (χ1) is 8.97. The lowest BCUT2D eigenvalue weighted by atomic mass is 10.1. The molecule has 100 valence electrons. The first-order valence-corrected chi connectivity index (χ1v) is 6.36. The summed E-state index contributed by atoms with van der Waals surface area (Å²) in [6.07, 6.45) is 0. The van der Waals surface area contributed by atoms with Gasteiger partial charge >= 0.3 is 0 Å². The Kier molecular flexibility index (Phi) is 4.27. The Balaban J connectivity index is 2.21. The quantitative estimate of drug-likeness (QED) is 0.822. The zero-order valence-electron chi connectivity index (χ0n) is 10.1. The minimum Gasteiger partial charge on any atom is -0.376 e. The maximum atomic E-state index is 13.8. The van der Waals surface area contributed by atoms with E-state index in [4.69, 9.17) is 23.2 Å². The summed E-state index contributed by atoms with van der Waals surface area (Å²) >= 11 is 11.7. The van der Waals surface area contributed by atoms with E-state index in [0.29, 0.717) is 15.6 Å². The first-order valence-electron chi connectivity index (χ1n) is 5.61. The summed E-state index contributed by atoms with van der Waals surface area (Å²) in [5.41, 5.74) is 0.988. The van der Waals surface area contributed by atoms with E-state index in [-0.39, 0.29) is 12.2 Å². The van der Waals surface area contributed by atoms with E-state index in [1.807, 2.05) is 0 Å². The SMILES string of the molecule is Cc1ccc(F)c(NCc2cc(Cl)cc(Cl)c2)c1F. The number of benzene rings is 2. The Morgan fingerprint density at radius 1 is 1.05 bits per heavy atom. The number of halogens is 4. The highest BCUT2D eigenvalue weighted by Gasteiger charge is 2.11. The van der Waals surface area contributed by atoms with Crippen LogP contribution in [0.3, 0.4) is 0 Å². The van der Waals surface area contributed by atoms with Crippen molar-refractivity contribution in [3.8, 4) is 0 Å². The molecule has 0 atom stereocenters. The molecule has 0 amide bonds. The molecule has 0 saturated carbocycles. The molecule has 5 heteroatoms. The van der Waals surface area contributed by atoms with Crippen molar-refractivity contribution in [2.75, 3.05) is 5.32 Å².